The maximum atomic E-state index is 12.4. The van der Waals surface area contributed by atoms with E-state index < -0.39 is 13.9 Å². The van der Waals surface area contributed by atoms with Crippen molar-refractivity contribution in [3.8, 4) is 0 Å². The van der Waals surface area contributed by atoms with Gasteiger partial charge < -0.3 is 18.9 Å². The summed E-state index contributed by atoms with van der Waals surface area (Å²) in [6.45, 7) is 5.58. The predicted molar refractivity (Wildman–Crippen MR) is 169 cm³/mol. The summed E-state index contributed by atoms with van der Waals surface area (Å²) in [4.78, 5) is 22.5. The number of hydrogen-bond acceptors (Lipinski definition) is 6. The Balaban J connectivity index is 4.29. The van der Waals surface area contributed by atoms with Crippen molar-refractivity contribution in [1.29, 1.82) is 0 Å². The summed E-state index contributed by atoms with van der Waals surface area (Å²) in [6, 6.07) is 0. The molecular weight excluding hydrogens is 541 g/mol. The molecule has 1 unspecified atom stereocenters. The Morgan fingerprint density at radius 3 is 1.61 bits per heavy atom. The number of esters is 1. The highest BCUT2D eigenvalue weighted by Gasteiger charge is 2.26. The van der Waals surface area contributed by atoms with Gasteiger partial charge in [-0.05, 0) is 12.8 Å². The topological polar surface area (TPSA) is 91.3 Å². The summed E-state index contributed by atoms with van der Waals surface area (Å²) in [7, 11) is 1.67. The van der Waals surface area contributed by atoms with Gasteiger partial charge in [0.2, 0.25) is 0 Å². The SMILES string of the molecule is CCCCCCCCCCCCCCOC[C@H](COP(=O)(O)OCC[N+](C)(C)C)OC(=O)CCCCCCCCC. The maximum Gasteiger partial charge on any atom is 0.472 e. The number of carbonyl (C=O) groups excluding carboxylic acids is 1. The molecule has 0 aromatic carbocycles. The summed E-state index contributed by atoms with van der Waals surface area (Å²) in [5.41, 5.74) is 0. The molecule has 0 rings (SSSR count). The minimum Gasteiger partial charge on any atom is -0.457 e. The van der Waals surface area contributed by atoms with Gasteiger partial charge in [0.1, 0.15) is 19.3 Å². The smallest absolute Gasteiger partial charge is 0.457 e. The van der Waals surface area contributed by atoms with E-state index in [-0.39, 0.29) is 25.8 Å². The van der Waals surface area contributed by atoms with E-state index in [0.717, 1.165) is 32.1 Å². The van der Waals surface area contributed by atoms with E-state index in [4.69, 9.17) is 18.5 Å². The number of hydrogen-bond donors (Lipinski definition) is 1. The number of carbonyl (C=O) groups is 1. The highest BCUT2D eigenvalue weighted by molar-refractivity contribution is 7.47. The van der Waals surface area contributed by atoms with Gasteiger partial charge >= 0.3 is 13.8 Å². The van der Waals surface area contributed by atoms with Crippen molar-refractivity contribution in [3.63, 3.8) is 0 Å². The standard InChI is InChI=1S/C32H66NO7P/c1-6-8-10-12-14-15-16-17-18-20-22-24-27-37-29-31(30-39-41(35,36)38-28-26-33(3,4)5)40-32(34)25-23-21-19-13-11-9-7-2/h31H,6-30H2,1-5H3/p+1/t31-/m1/s1. The lowest BCUT2D eigenvalue weighted by Gasteiger charge is -2.24. The third-order valence-electron chi connectivity index (χ3n) is 7.17. The number of likely N-dealkylation sites (N-methyl/N-ethyl adjacent to an activating group) is 1. The molecule has 0 bridgehead atoms. The van der Waals surface area contributed by atoms with Crippen LogP contribution in [0, 0.1) is 0 Å². The van der Waals surface area contributed by atoms with E-state index in [1.807, 2.05) is 21.1 Å². The molecule has 0 saturated heterocycles. The van der Waals surface area contributed by atoms with Crippen molar-refractivity contribution in [2.24, 2.45) is 0 Å². The average molecular weight is 609 g/mol. The van der Waals surface area contributed by atoms with Crippen LogP contribution in [0.25, 0.3) is 0 Å². The number of rotatable bonds is 31. The van der Waals surface area contributed by atoms with Crippen LogP contribution in [0.1, 0.15) is 142 Å². The van der Waals surface area contributed by atoms with E-state index in [1.165, 1.54) is 89.9 Å². The monoisotopic (exact) mass is 608 g/mol. The van der Waals surface area contributed by atoms with Crippen LogP contribution in [0.5, 0.6) is 0 Å². The molecule has 8 nitrogen and oxygen atoms in total. The van der Waals surface area contributed by atoms with Gasteiger partial charge in [-0.15, -0.1) is 0 Å². The molecule has 2 atom stereocenters. The van der Waals surface area contributed by atoms with Gasteiger partial charge in [0.15, 0.2) is 0 Å². The van der Waals surface area contributed by atoms with E-state index in [9.17, 15) is 14.3 Å². The van der Waals surface area contributed by atoms with Crippen LogP contribution in [0.3, 0.4) is 0 Å². The molecule has 0 radical (unpaired) electrons. The van der Waals surface area contributed by atoms with Crippen LogP contribution in [-0.2, 0) is 27.9 Å². The van der Waals surface area contributed by atoms with E-state index >= 15 is 0 Å². The molecule has 0 fully saturated rings. The number of nitrogens with zero attached hydrogens (tertiary/aromatic N) is 1. The summed E-state index contributed by atoms with van der Waals surface area (Å²) < 4.78 is 34.6. The van der Waals surface area contributed by atoms with Crippen molar-refractivity contribution in [2.45, 2.75) is 148 Å². The molecular formula is C32H67NO7P+. The fourth-order valence-corrected chi connectivity index (χ4v) is 5.23. The summed E-state index contributed by atoms with van der Waals surface area (Å²) >= 11 is 0. The van der Waals surface area contributed by atoms with Crippen molar-refractivity contribution >= 4 is 13.8 Å². The van der Waals surface area contributed by atoms with Crippen LogP contribution in [-0.4, -0.2) is 75.6 Å². The maximum absolute atomic E-state index is 12.4. The second-order valence-corrected chi connectivity index (χ2v) is 14.0. The Labute approximate surface area is 253 Å². The number of phosphoric acid groups is 1. The van der Waals surface area contributed by atoms with E-state index in [2.05, 4.69) is 13.8 Å². The quantitative estimate of drug-likeness (QED) is 0.0365. The normalized spacial score (nSPS) is 14.2. The van der Waals surface area contributed by atoms with Gasteiger partial charge in [-0.2, -0.15) is 0 Å². The van der Waals surface area contributed by atoms with Crippen molar-refractivity contribution in [1.82, 2.24) is 0 Å². The molecule has 0 amide bonds. The lowest BCUT2D eigenvalue weighted by Crippen LogP contribution is -2.37. The van der Waals surface area contributed by atoms with Crippen molar-refractivity contribution < 1.29 is 37.3 Å². The Kier molecular flexibility index (Phi) is 26.7. The van der Waals surface area contributed by atoms with Gasteiger partial charge in [0.25, 0.3) is 0 Å². The zero-order valence-electron chi connectivity index (χ0n) is 27.5. The Morgan fingerprint density at radius 1 is 0.659 bits per heavy atom. The molecule has 9 heteroatoms. The Morgan fingerprint density at radius 2 is 1.12 bits per heavy atom. The van der Waals surface area contributed by atoms with Gasteiger partial charge in [-0.25, -0.2) is 4.57 Å². The molecule has 0 heterocycles. The number of unbranched alkanes of at least 4 members (excludes halogenated alkanes) is 17. The van der Waals surface area contributed by atoms with Gasteiger partial charge in [0.05, 0.1) is 34.4 Å². The van der Waals surface area contributed by atoms with Crippen LogP contribution in [0.4, 0.5) is 0 Å². The first-order chi connectivity index (χ1) is 19.6. The van der Waals surface area contributed by atoms with Gasteiger partial charge in [-0.1, -0.05) is 123 Å². The fraction of sp³-hybridized carbons (Fsp3) is 0.969. The minimum atomic E-state index is -4.25. The van der Waals surface area contributed by atoms with Crippen LogP contribution < -0.4 is 0 Å². The Hall–Kier alpha value is -0.500. The van der Waals surface area contributed by atoms with Crippen LogP contribution in [0.15, 0.2) is 0 Å². The molecule has 0 aliphatic rings. The lowest BCUT2D eigenvalue weighted by atomic mass is 10.1. The second kappa shape index (κ2) is 27.1. The fourth-order valence-electron chi connectivity index (χ4n) is 4.49. The first-order valence-corrected chi connectivity index (χ1v) is 18.3. The third kappa shape index (κ3) is 30.8. The van der Waals surface area contributed by atoms with Gasteiger partial charge in [0, 0.05) is 13.0 Å². The molecule has 0 aromatic heterocycles. The Bertz CT molecular complexity index is 642. The zero-order chi connectivity index (χ0) is 30.7. The summed E-state index contributed by atoms with van der Waals surface area (Å²) in [6.07, 6.45) is 22.8. The molecule has 41 heavy (non-hydrogen) atoms. The molecule has 0 aliphatic carbocycles. The first kappa shape index (κ1) is 40.5. The summed E-state index contributed by atoms with van der Waals surface area (Å²) in [5, 5.41) is 0. The molecule has 0 aliphatic heterocycles. The van der Waals surface area contributed by atoms with Crippen LogP contribution >= 0.6 is 7.82 Å². The number of phosphoric ester groups is 1. The number of ether oxygens (including phenoxy) is 2. The first-order valence-electron chi connectivity index (χ1n) is 16.8. The second-order valence-electron chi connectivity index (χ2n) is 12.6. The molecule has 0 spiro atoms. The largest absolute Gasteiger partial charge is 0.472 e. The molecule has 0 saturated carbocycles. The zero-order valence-corrected chi connectivity index (χ0v) is 28.4. The summed E-state index contributed by atoms with van der Waals surface area (Å²) in [5.74, 6) is -0.320. The highest BCUT2D eigenvalue weighted by atomic mass is 31.2. The lowest BCUT2D eigenvalue weighted by molar-refractivity contribution is -0.870. The predicted octanol–water partition coefficient (Wildman–Crippen LogP) is 8.60. The van der Waals surface area contributed by atoms with Crippen molar-refractivity contribution in [3.05, 3.63) is 0 Å². The highest BCUT2D eigenvalue weighted by Crippen LogP contribution is 2.43. The van der Waals surface area contributed by atoms with Crippen LogP contribution in [0.2, 0.25) is 0 Å². The molecule has 0 aromatic rings. The minimum absolute atomic E-state index is 0.0927. The van der Waals surface area contributed by atoms with Crippen molar-refractivity contribution in [2.75, 3.05) is 54.1 Å². The molecule has 246 valence electrons. The third-order valence-corrected chi connectivity index (χ3v) is 8.15. The average Bonchev–Trinajstić information content (AvgIpc) is 2.90. The number of quaternary nitrogens is 1. The van der Waals surface area contributed by atoms with Gasteiger partial charge in [-0.3, -0.25) is 13.8 Å². The van der Waals surface area contributed by atoms with E-state index in [1.54, 1.807) is 0 Å². The molecule has 1 N–H and O–H groups in total. The van der Waals surface area contributed by atoms with E-state index in [0.29, 0.717) is 24.1 Å².